The Morgan fingerprint density at radius 1 is 1.67 bits per heavy atom. The molecule has 1 heterocycles. The summed E-state index contributed by atoms with van der Waals surface area (Å²) in [5.41, 5.74) is 0.990. The summed E-state index contributed by atoms with van der Waals surface area (Å²) < 4.78 is 1.06. The first-order valence-electron chi connectivity index (χ1n) is 2.48. The minimum Gasteiger partial charge on any atom is -0.250 e. The molecular weight excluding hydrogens is 227 g/mol. The van der Waals surface area contributed by atoms with Crippen molar-refractivity contribution in [1.82, 2.24) is 0 Å². The van der Waals surface area contributed by atoms with Gasteiger partial charge in [-0.15, -0.1) is 0 Å². The Hall–Kier alpha value is -0.410. The van der Waals surface area contributed by atoms with E-state index in [9.17, 15) is 0 Å². The molecule has 2 nitrogen and oxygen atoms in total. The molecule has 0 N–H and O–H groups in total. The molecule has 0 aromatic heterocycles. The summed E-state index contributed by atoms with van der Waals surface area (Å²) in [7, 11) is 0. The number of allylic oxidation sites excluding steroid dienone is 1. The predicted octanol–water partition coefficient (Wildman–Crippen LogP) is 1.92. The van der Waals surface area contributed by atoms with Crippen LogP contribution in [0.4, 0.5) is 0 Å². The van der Waals surface area contributed by atoms with Crippen LogP contribution in [-0.2, 0) is 0 Å². The fraction of sp³-hybridized carbons (Fsp3) is 0.167. The van der Waals surface area contributed by atoms with Crippen molar-refractivity contribution < 1.29 is 0 Å². The fourth-order valence-corrected chi connectivity index (χ4v) is 0.687. The van der Waals surface area contributed by atoms with Crippen molar-refractivity contribution in [2.24, 2.45) is 9.98 Å². The third kappa shape index (κ3) is 1.77. The second-order valence-corrected chi connectivity index (χ2v) is 2.74. The Morgan fingerprint density at radius 2 is 2.44 bits per heavy atom. The van der Waals surface area contributed by atoms with Crippen molar-refractivity contribution in [3.63, 3.8) is 0 Å². The lowest BCUT2D eigenvalue weighted by molar-refractivity contribution is 1.58. The Bertz CT molecular complexity index is 209. The molecule has 1 aliphatic rings. The molecule has 3 heteroatoms. The molecule has 9 heavy (non-hydrogen) atoms. The van der Waals surface area contributed by atoms with Crippen LogP contribution in [0.5, 0.6) is 0 Å². The molecule has 0 fully saturated rings. The average Bonchev–Trinajstić information content (AvgIpc) is 1.99. The number of hydrogen-bond acceptors (Lipinski definition) is 2. The van der Waals surface area contributed by atoms with Gasteiger partial charge < -0.3 is 0 Å². The van der Waals surface area contributed by atoms with E-state index in [1.165, 1.54) is 0 Å². The molecule has 0 amide bonds. The summed E-state index contributed by atoms with van der Waals surface area (Å²) in [4.78, 5) is 7.83. The van der Waals surface area contributed by atoms with E-state index in [2.05, 4.69) is 38.4 Å². The lowest BCUT2D eigenvalue weighted by Gasteiger charge is -1.89. The first-order chi connectivity index (χ1) is 4.30. The second-order valence-electron chi connectivity index (χ2n) is 1.58. The van der Waals surface area contributed by atoms with Crippen LogP contribution in [0.25, 0.3) is 0 Å². The molecule has 1 aliphatic heterocycles. The van der Waals surface area contributed by atoms with Gasteiger partial charge in [0.25, 0.3) is 0 Å². The molecule has 0 atom stereocenters. The van der Waals surface area contributed by atoms with Gasteiger partial charge in [0.1, 0.15) is 0 Å². The Morgan fingerprint density at radius 3 is 3.22 bits per heavy atom. The number of aliphatic imine (C=N–C) groups is 2. The fourth-order valence-electron chi connectivity index (χ4n) is 0.408. The minimum atomic E-state index is 0.990. The lowest BCUT2D eigenvalue weighted by atomic mass is 10.4. The van der Waals surface area contributed by atoms with Crippen molar-refractivity contribution in [3.05, 3.63) is 16.0 Å². The zero-order valence-electron chi connectivity index (χ0n) is 4.93. The highest BCUT2D eigenvalue weighted by Gasteiger charge is 1.94. The monoisotopic (exact) mass is 232 g/mol. The molecule has 0 aliphatic carbocycles. The number of nitrogens with zero attached hydrogens (tertiary/aromatic N) is 2. The summed E-state index contributed by atoms with van der Waals surface area (Å²) in [5, 5.41) is 0. The summed E-state index contributed by atoms with van der Waals surface area (Å²) in [5.74, 6) is 2.64. The zero-order chi connectivity index (χ0) is 6.69. The van der Waals surface area contributed by atoms with Gasteiger partial charge in [-0.1, -0.05) is 0 Å². The van der Waals surface area contributed by atoms with Crippen molar-refractivity contribution in [2.45, 2.75) is 6.92 Å². The van der Waals surface area contributed by atoms with Gasteiger partial charge in [0.05, 0.1) is 21.7 Å². The maximum Gasteiger partial charge on any atom is 0.0885 e. The number of hydrogen-bond donors (Lipinski definition) is 0. The Labute approximate surface area is 67.2 Å². The average molecular weight is 232 g/mol. The molecule has 46 valence electrons. The molecule has 1 rings (SSSR count). The maximum atomic E-state index is 4.02. The van der Waals surface area contributed by atoms with Crippen molar-refractivity contribution in [2.75, 3.05) is 0 Å². The van der Waals surface area contributed by atoms with Gasteiger partial charge in [-0.25, -0.2) is 4.99 Å². The standard InChI is InChI=1S/C6H5IN2/c1-5-6(7)4-8-2-3-9-5/h3-4H,1H3. The summed E-state index contributed by atoms with van der Waals surface area (Å²) in [6.07, 6.45) is 3.31. The van der Waals surface area contributed by atoms with Crippen LogP contribution in [0.1, 0.15) is 6.92 Å². The van der Waals surface area contributed by atoms with Crippen LogP contribution in [0.15, 0.2) is 26.0 Å². The van der Waals surface area contributed by atoms with Gasteiger partial charge in [-0.3, -0.25) is 4.99 Å². The molecule has 0 bridgehead atoms. The van der Waals surface area contributed by atoms with Crippen molar-refractivity contribution in [3.8, 4) is 0 Å². The molecular formula is C6H5IN2. The Balaban J connectivity index is 3.01. The molecule has 0 saturated heterocycles. The van der Waals surface area contributed by atoms with Crippen LogP contribution in [0, 0.1) is 0 Å². The third-order valence-corrected chi connectivity index (χ3v) is 1.97. The quantitative estimate of drug-likeness (QED) is 0.570. The topological polar surface area (TPSA) is 24.7 Å². The van der Waals surface area contributed by atoms with E-state index in [0.29, 0.717) is 0 Å². The smallest absolute Gasteiger partial charge is 0.0885 e. The maximum absolute atomic E-state index is 4.02. The van der Waals surface area contributed by atoms with Crippen molar-refractivity contribution >= 4 is 34.2 Å². The minimum absolute atomic E-state index is 0.990. The molecule has 0 spiro atoms. The highest BCUT2D eigenvalue weighted by Crippen LogP contribution is 2.09. The molecule has 0 aromatic rings. The number of halogens is 1. The zero-order valence-corrected chi connectivity index (χ0v) is 7.08. The van der Waals surface area contributed by atoms with Gasteiger partial charge >= 0.3 is 0 Å². The van der Waals surface area contributed by atoms with Gasteiger partial charge in [0, 0.05) is 5.87 Å². The van der Waals surface area contributed by atoms with E-state index in [0.717, 1.165) is 9.29 Å². The van der Waals surface area contributed by atoms with Crippen LogP contribution < -0.4 is 0 Å². The first-order valence-corrected chi connectivity index (χ1v) is 3.56. The van der Waals surface area contributed by atoms with Crippen LogP contribution in [-0.4, -0.2) is 11.6 Å². The highest BCUT2D eigenvalue weighted by atomic mass is 127. The Kier molecular flexibility index (Phi) is 2.19. The van der Waals surface area contributed by atoms with E-state index in [1.807, 2.05) is 6.92 Å². The molecule has 0 radical (unpaired) electrons. The first kappa shape index (κ1) is 6.71. The van der Waals surface area contributed by atoms with Gasteiger partial charge in [-0.2, -0.15) is 0 Å². The molecule has 0 unspecified atom stereocenters. The molecule has 0 saturated carbocycles. The van der Waals surface area contributed by atoms with E-state index >= 15 is 0 Å². The van der Waals surface area contributed by atoms with Crippen molar-refractivity contribution in [1.29, 1.82) is 0 Å². The van der Waals surface area contributed by atoms with Crippen LogP contribution >= 0.6 is 22.6 Å². The van der Waals surface area contributed by atoms with Gasteiger partial charge in [0.2, 0.25) is 0 Å². The SMILES string of the molecule is CC1=NC=C=NC=C1I. The lowest BCUT2D eigenvalue weighted by Crippen LogP contribution is -1.86. The van der Waals surface area contributed by atoms with Gasteiger partial charge in [-0.05, 0) is 29.5 Å². The van der Waals surface area contributed by atoms with E-state index in [4.69, 9.17) is 0 Å². The van der Waals surface area contributed by atoms with Crippen LogP contribution in [0.2, 0.25) is 0 Å². The van der Waals surface area contributed by atoms with E-state index in [-0.39, 0.29) is 0 Å². The largest absolute Gasteiger partial charge is 0.250 e. The van der Waals surface area contributed by atoms with E-state index < -0.39 is 0 Å². The number of rotatable bonds is 0. The normalized spacial score (nSPS) is 16.7. The summed E-state index contributed by atoms with van der Waals surface area (Å²) >= 11 is 2.18. The van der Waals surface area contributed by atoms with Crippen LogP contribution in [0.3, 0.4) is 0 Å². The predicted molar refractivity (Wildman–Crippen MR) is 47.2 cm³/mol. The summed E-state index contributed by atoms with van der Waals surface area (Å²) in [6.45, 7) is 1.94. The highest BCUT2D eigenvalue weighted by molar-refractivity contribution is 14.1. The van der Waals surface area contributed by atoms with Gasteiger partial charge in [0.15, 0.2) is 0 Å². The second kappa shape index (κ2) is 2.94. The van der Waals surface area contributed by atoms with E-state index in [1.54, 1.807) is 12.4 Å². The molecule has 0 aromatic carbocycles. The summed E-state index contributed by atoms with van der Waals surface area (Å²) in [6, 6.07) is 0. The third-order valence-electron chi connectivity index (χ3n) is 0.914.